The minimum atomic E-state index is -0.285. The summed E-state index contributed by atoms with van der Waals surface area (Å²) in [6.45, 7) is 2.64. The lowest BCUT2D eigenvalue weighted by atomic mass is 10.1. The Morgan fingerprint density at radius 2 is 2.00 bits per heavy atom. The van der Waals surface area contributed by atoms with Gasteiger partial charge in [0, 0.05) is 10.9 Å². The first-order valence-electron chi connectivity index (χ1n) is 7.26. The van der Waals surface area contributed by atoms with Gasteiger partial charge in [0.05, 0.1) is 0 Å². The first kappa shape index (κ1) is 17.0. The molecule has 1 rings (SSSR count). The maximum absolute atomic E-state index is 11.6. The van der Waals surface area contributed by atoms with Crippen LogP contribution in [0.25, 0.3) is 6.08 Å². The Hall–Kier alpha value is -1.09. The first-order valence-corrected chi connectivity index (χ1v) is 8.18. The van der Waals surface area contributed by atoms with E-state index in [0.717, 1.165) is 12.0 Å². The Kier molecular flexibility index (Phi) is 9.05. The van der Waals surface area contributed by atoms with Crippen LogP contribution in [0.2, 0.25) is 0 Å². The van der Waals surface area contributed by atoms with Crippen LogP contribution in [0.1, 0.15) is 44.6 Å². The van der Waals surface area contributed by atoms with Crippen molar-refractivity contribution in [2.45, 2.75) is 43.9 Å². The summed E-state index contributed by atoms with van der Waals surface area (Å²) >= 11 is 3.55. The first-order chi connectivity index (χ1) is 9.72. The minimum absolute atomic E-state index is 0.258. The van der Waals surface area contributed by atoms with Crippen molar-refractivity contribution in [2.24, 2.45) is 0 Å². The molecule has 1 aromatic carbocycles. The van der Waals surface area contributed by atoms with Gasteiger partial charge in [-0.05, 0) is 18.1 Å². The van der Waals surface area contributed by atoms with Crippen LogP contribution in [0.15, 0.2) is 36.4 Å². The molecule has 0 saturated heterocycles. The molecule has 1 atom stereocenters. The molecule has 2 nitrogen and oxygen atoms in total. The second-order valence-corrected chi connectivity index (χ2v) is 6.12. The van der Waals surface area contributed by atoms with Crippen molar-refractivity contribution in [3.63, 3.8) is 0 Å². The van der Waals surface area contributed by atoms with Crippen molar-refractivity contribution < 1.29 is 9.53 Å². The largest absolute Gasteiger partial charge is 0.461 e. The fourth-order valence-electron chi connectivity index (χ4n) is 1.83. The van der Waals surface area contributed by atoms with Gasteiger partial charge in [-0.25, -0.2) is 4.79 Å². The van der Waals surface area contributed by atoms with E-state index in [2.05, 4.69) is 22.9 Å². The van der Waals surface area contributed by atoms with Crippen LogP contribution < -0.4 is 0 Å². The summed E-state index contributed by atoms with van der Waals surface area (Å²) in [5, 5.41) is 0. The van der Waals surface area contributed by atoms with E-state index in [0.29, 0.717) is 6.61 Å². The van der Waals surface area contributed by atoms with E-state index in [9.17, 15) is 4.79 Å². The summed E-state index contributed by atoms with van der Waals surface area (Å²) in [5.74, 6) is -0.285. The van der Waals surface area contributed by atoms with E-state index < -0.39 is 0 Å². The SMILES string of the molecule is CCCCCCC(Br)COC(=O)C=Cc1ccccc1. The molecule has 0 N–H and O–H groups in total. The number of benzene rings is 1. The molecule has 110 valence electrons. The number of carbonyl (C=O) groups excluding carboxylic acids is 1. The number of alkyl halides is 1. The van der Waals surface area contributed by atoms with Crippen LogP contribution in [0, 0.1) is 0 Å². The zero-order valence-electron chi connectivity index (χ0n) is 12.1. The van der Waals surface area contributed by atoms with Crippen molar-refractivity contribution in [1.82, 2.24) is 0 Å². The average Bonchev–Trinajstić information content (AvgIpc) is 2.48. The van der Waals surface area contributed by atoms with E-state index in [1.54, 1.807) is 6.08 Å². The number of hydrogen-bond donors (Lipinski definition) is 0. The van der Waals surface area contributed by atoms with Gasteiger partial charge in [0.15, 0.2) is 0 Å². The summed E-state index contributed by atoms with van der Waals surface area (Å²) in [7, 11) is 0. The van der Waals surface area contributed by atoms with Gasteiger partial charge in [0.25, 0.3) is 0 Å². The van der Waals surface area contributed by atoms with Gasteiger partial charge in [-0.15, -0.1) is 0 Å². The molecule has 20 heavy (non-hydrogen) atoms. The smallest absolute Gasteiger partial charge is 0.330 e. The quantitative estimate of drug-likeness (QED) is 0.275. The lowest BCUT2D eigenvalue weighted by Gasteiger charge is -2.09. The van der Waals surface area contributed by atoms with E-state index in [-0.39, 0.29) is 10.8 Å². The van der Waals surface area contributed by atoms with Crippen molar-refractivity contribution >= 4 is 28.0 Å². The van der Waals surface area contributed by atoms with Gasteiger partial charge in [-0.2, -0.15) is 0 Å². The van der Waals surface area contributed by atoms with Gasteiger partial charge in [-0.1, -0.05) is 78.9 Å². The predicted octanol–water partition coefficient (Wildman–Crippen LogP) is 4.98. The van der Waals surface area contributed by atoms with Crippen LogP contribution in [-0.2, 0) is 9.53 Å². The number of unbranched alkanes of at least 4 members (excludes halogenated alkanes) is 3. The third-order valence-electron chi connectivity index (χ3n) is 2.99. The Bertz CT molecular complexity index is 401. The monoisotopic (exact) mass is 338 g/mol. The topological polar surface area (TPSA) is 26.3 Å². The third-order valence-corrected chi connectivity index (χ3v) is 3.71. The van der Waals surface area contributed by atoms with Crippen LogP contribution >= 0.6 is 15.9 Å². The summed E-state index contributed by atoms with van der Waals surface area (Å²) in [6.07, 6.45) is 9.25. The molecule has 3 heteroatoms. The maximum Gasteiger partial charge on any atom is 0.330 e. The van der Waals surface area contributed by atoms with Crippen molar-refractivity contribution in [2.75, 3.05) is 6.61 Å². The molecule has 0 saturated carbocycles. The fraction of sp³-hybridized carbons (Fsp3) is 0.471. The highest BCUT2D eigenvalue weighted by Gasteiger charge is 2.06. The van der Waals surface area contributed by atoms with Crippen LogP contribution in [0.4, 0.5) is 0 Å². The molecule has 0 heterocycles. The van der Waals surface area contributed by atoms with Gasteiger partial charge in [0.2, 0.25) is 0 Å². The van der Waals surface area contributed by atoms with Crippen LogP contribution in [0.5, 0.6) is 0 Å². The number of ether oxygens (including phenoxy) is 1. The average molecular weight is 339 g/mol. The summed E-state index contributed by atoms with van der Waals surface area (Å²) in [4.78, 5) is 11.8. The van der Waals surface area contributed by atoms with Gasteiger partial charge < -0.3 is 4.74 Å². The van der Waals surface area contributed by atoms with Crippen LogP contribution in [0.3, 0.4) is 0 Å². The predicted molar refractivity (Wildman–Crippen MR) is 87.9 cm³/mol. The van der Waals surface area contributed by atoms with E-state index in [4.69, 9.17) is 4.74 Å². The third kappa shape index (κ3) is 8.16. The molecule has 1 unspecified atom stereocenters. The Morgan fingerprint density at radius 3 is 2.70 bits per heavy atom. The molecule has 0 aliphatic rings. The van der Waals surface area contributed by atoms with E-state index >= 15 is 0 Å². The Morgan fingerprint density at radius 1 is 1.25 bits per heavy atom. The van der Waals surface area contributed by atoms with Gasteiger partial charge >= 0.3 is 5.97 Å². The molecule has 0 aromatic heterocycles. The van der Waals surface area contributed by atoms with Gasteiger partial charge in [-0.3, -0.25) is 0 Å². The second-order valence-electron chi connectivity index (χ2n) is 4.82. The molecule has 0 aliphatic carbocycles. The number of halogens is 1. The Labute approximate surface area is 130 Å². The molecule has 0 radical (unpaired) electrons. The molecule has 0 aliphatic heterocycles. The molecule has 0 bridgehead atoms. The normalized spacial score (nSPS) is 12.5. The highest BCUT2D eigenvalue weighted by molar-refractivity contribution is 9.09. The van der Waals surface area contributed by atoms with Crippen LogP contribution in [-0.4, -0.2) is 17.4 Å². The van der Waals surface area contributed by atoms with E-state index in [1.807, 2.05) is 30.3 Å². The molecular weight excluding hydrogens is 316 g/mol. The summed E-state index contributed by atoms with van der Waals surface area (Å²) in [5.41, 5.74) is 0.999. The number of carbonyl (C=O) groups is 1. The number of rotatable bonds is 9. The molecule has 0 fully saturated rings. The molecular formula is C17H23BrO2. The van der Waals surface area contributed by atoms with Crippen molar-refractivity contribution in [1.29, 1.82) is 0 Å². The summed E-state index contributed by atoms with van der Waals surface area (Å²) < 4.78 is 5.21. The minimum Gasteiger partial charge on any atom is -0.461 e. The zero-order chi connectivity index (χ0) is 14.6. The highest BCUT2D eigenvalue weighted by atomic mass is 79.9. The Balaban J connectivity index is 2.17. The van der Waals surface area contributed by atoms with Gasteiger partial charge in [0.1, 0.15) is 6.61 Å². The van der Waals surface area contributed by atoms with Crippen molar-refractivity contribution in [3.8, 4) is 0 Å². The number of esters is 1. The lowest BCUT2D eigenvalue weighted by Crippen LogP contribution is -2.12. The fourth-order valence-corrected chi connectivity index (χ4v) is 2.28. The standard InChI is InChI=1S/C17H23BrO2/c1-2-3-4-8-11-16(18)14-20-17(19)13-12-15-9-6-5-7-10-15/h5-7,9-10,12-13,16H,2-4,8,11,14H2,1H3. The van der Waals surface area contributed by atoms with E-state index in [1.165, 1.54) is 31.8 Å². The summed E-state index contributed by atoms with van der Waals surface area (Å²) in [6, 6.07) is 9.73. The second kappa shape index (κ2) is 10.7. The molecule has 0 spiro atoms. The van der Waals surface area contributed by atoms with Crippen molar-refractivity contribution in [3.05, 3.63) is 42.0 Å². The zero-order valence-corrected chi connectivity index (χ0v) is 13.6. The lowest BCUT2D eigenvalue weighted by molar-refractivity contribution is -0.137. The molecule has 1 aromatic rings. The maximum atomic E-state index is 11.6. The molecule has 0 amide bonds. The number of hydrogen-bond acceptors (Lipinski definition) is 2. The highest BCUT2D eigenvalue weighted by Crippen LogP contribution is 2.12.